The van der Waals surface area contributed by atoms with E-state index in [-0.39, 0.29) is 13.1 Å². The van der Waals surface area contributed by atoms with Crippen molar-refractivity contribution in [3.63, 3.8) is 0 Å². The van der Waals surface area contributed by atoms with E-state index in [1.165, 1.54) is 9.80 Å². The number of hydrogen-bond donors (Lipinski definition) is 1. The molecule has 4 nitrogen and oxygen atoms in total. The van der Waals surface area contributed by atoms with Crippen molar-refractivity contribution in [3.05, 3.63) is 66.2 Å². The molecule has 3 rings (SSSR count). The minimum absolute atomic E-state index is 0.203. The van der Waals surface area contributed by atoms with Crippen LogP contribution < -0.4 is 4.90 Å². The van der Waals surface area contributed by atoms with Gasteiger partial charge in [-0.3, -0.25) is 4.79 Å². The lowest BCUT2D eigenvalue weighted by atomic mass is 10.0. The van der Waals surface area contributed by atoms with Gasteiger partial charge in [-0.25, -0.2) is 0 Å². The number of aliphatic hydroxyl groups excluding tert-OH is 1. The van der Waals surface area contributed by atoms with Crippen LogP contribution in [0.1, 0.15) is 47.3 Å². The van der Waals surface area contributed by atoms with Crippen LogP contribution in [0.4, 0.5) is 5.69 Å². The van der Waals surface area contributed by atoms with Gasteiger partial charge in [-0.05, 0) is 30.5 Å². The summed E-state index contributed by atoms with van der Waals surface area (Å²) in [6, 6.07) is 16.4. The Kier molecular flexibility index (Phi) is 3.97. The standard InChI is InChI=1S/C22H28N2O2/c1-2-22(26)24(19-11-7-4-8-12-19)20-13-15-23(16-14-20)17-21(25)18-9-5-3-6-10-18/h3-12,20-21,25H,2,13-17H2,1H3/i1D3,2D2,17D2. The predicted molar refractivity (Wildman–Crippen MR) is 105 cm³/mol. The Morgan fingerprint density at radius 1 is 1.19 bits per heavy atom. The minimum Gasteiger partial charge on any atom is -0.387 e. The number of β-amino-alcohol motifs (C(OH)–C–C–N with tert-alkyl or cyclic N) is 1. The van der Waals surface area contributed by atoms with E-state index in [9.17, 15) is 9.90 Å². The van der Waals surface area contributed by atoms with Gasteiger partial charge in [0.05, 0.1) is 6.10 Å². The van der Waals surface area contributed by atoms with Crippen molar-refractivity contribution in [2.24, 2.45) is 0 Å². The van der Waals surface area contributed by atoms with Crippen LogP contribution in [0.15, 0.2) is 60.7 Å². The van der Waals surface area contributed by atoms with Crippen LogP contribution in [-0.4, -0.2) is 41.5 Å². The lowest BCUT2D eigenvalue weighted by Gasteiger charge is -2.39. The van der Waals surface area contributed by atoms with Crippen LogP contribution in [0.2, 0.25) is 0 Å². The molecule has 1 N–H and O–H groups in total. The first-order chi connectivity index (χ1) is 15.4. The normalized spacial score (nSPS) is 22.6. The van der Waals surface area contributed by atoms with Gasteiger partial charge in [-0.2, -0.15) is 0 Å². The second-order valence-electron chi connectivity index (χ2n) is 6.30. The van der Waals surface area contributed by atoms with E-state index in [4.69, 9.17) is 9.60 Å². The fourth-order valence-corrected chi connectivity index (χ4v) is 3.28. The van der Waals surface area contributed by atoms with Crippen molar-refractivity contribution in [1.29, 1.82) is 0 Å². The van der Waals surface area contributed by atoms with Gasteiger partial charge in [0.1, 0.15) is 0 Å². The van der Waals surface area contributed by atoms with Crippen LogP contribution in [0.3, 0.4) is 0 Å². The second kappa shape index (κ2) is 8.97. The number of carbonyl (C=O) groups excluding carboxylic acids is 1. The highest BCUT2D eigenvalue weighted by Crippen LogP contribution is 2.25. The van der Waals surface area contributed by atoms with Crippen molar-refractivity contribution < 1.29 is 19.5 Å². The van der Waals surface area contributed by atoms with E-state index in [1.807, 2.05) is 0 Å². The molecule has 4 heteroatoms. The summed E-state index contributed by atoms with van der Waals surface area (Å²) >= 11 is 0. The third kappa shape index (κ3) is 4.51. The van der Waals surface area contributed by atoms with E-state index < -0.39 is 37.8 Å². The fourth-order valence-electron chi connectivity index (χ4n) is 3.28. The first-order valence-electron chi connectivity index (χ1n) is 12.2. The Bertz CT molecular complexity index is 931. The molecule has 1 amide bonds. The predicted octanol–water partition coefficient (Wildman–Crippen LogP) is 3.63. The summed E-state index contributed by atoms with van der Waals surface area (Å²) < 4.78 is 55.5. The molecule has 1 unspecified atom stereocenters. The summed E-state index contributed by atoms with van der Waals surface area (Å²) in [5, 5.41) is 10.6. The van der Waals surface area contributed by atoms with Gasteiger partial charge in [0, 0.05) is 47.3 Å². The van der Waals surface area contributed by atoms with Crippen molar-refractivity contribution in [2.75, 3.05) is 24.5 Å². The quantitative estimate of drug-likeness (QED) is 0.856. The number of rotatable bonds is 6. The zero-order chi connectivity index (χ0) is 24.4. The molecule has 26 heavy (non-hydrogen) atoms. The van der Waals surface area contributed by atoms with E-state index >= 15 is 0 Å². The summed E-state index contributed by atoms with van der Waals surface area (Å²) in [6.45, 7) is -4.78. The van der Waals surface area contributed by atoms with Gasteiger partial charge in [0.15, 0.2) is 0 Å². The molecule has 1 atom stereocenters. The third-order valence-corrected chi connectivity index (χ3v) is 4.61. The number of amides is 1. The van der Waals surface area contributed by atoms with Gasteiger partial charge >= 0.3 is 0 Å². The molecule has 0 aliphatic carbocycles. The summed E-state index contributed by atoms with van der Waals surface area (Å²) in [7, 11) is 0. The van der Waals surface area contributed by atoms with Crippen LogP contribution in [0.25, 0.3) is 0 Å². The van der Waals surface area contributed by atoms with Gasteiger partial charge < -0.3 is 14.9 Å². The van der Waals surface area contributed by atoms with Crippen LogP contribution in [0, 0.1) is 0 Å². The number of anilines is 1. The lowest BCUT2D eigenvalue weighted by Crippen LogP contribution is -2.48. The van der Waals surface area contributed by atoms with E-state index in [0.717, 1.165) is 0 Å². The smallest absolute Gasteiger partial charge is 0.226 e. The topological polar surface area (TPSA) is 43.8 Å². The first kappa shape index (κ1) is 11.5. The van der Waals surface area contributed by atoms with Gasteiger partial charge in [-0.15, -0.1) is 0 Å². The van der Waals surface area contributed by atoms with Crippen LogP contribution in [0.5, 0.6) is 0 Å². The number of hydrogen-bond acceptors (Lipinski definition) is 3. The maximum Gasteiger partial charge on any atom is 0.226 e. The molecular weight excluding hydrogens is 324 g/mol. The molecule has 2 aromatic rings. The van der Waals surface area contributed by atoms with Crippen molar-refractivity contribution in [2.45, 2.75) is 38.2 Å². The molecule has 0 aromatic heterocycles. The molecule has 1 aliphatic rings. The van der Waals surface area contributed by atoms with Gasteiger partial charge in [0.2, 0.25) is 5.91 Å². The Balaban J connectivity index is 1.81. The van der Waals surface area contributed by atoms with E-state index in [2.05, 4.69) is 0 Å². The van der Waals surface area contributed by atoms with Crippen molar-refractivity contribution in [1.82, 2.24) is 4.90 Å². The highest BCUT2D eigenvalue weighted by molar-refractivity contribution is 5.93. The first-order valence-corrected chi connectivity index (χ1v) is 8.74. The second-order valence-corrected chi connectivity index (χ2v) is 6.30. The highest BCUT2D eigenvalue weighted by Gasteiger charge is 2.29. The zero-order valence-electron chi connectivity index (χ0n) is 21.5. The molecule has 0 saturated carbocycles. The molecule has 1 aliphatic heterocycles. The fraction of sp³-hybridized carbons (Fsp3) is 0.409. The maximum atomic E-state index is 13.1. The van der Waals surface area contributed by atoms with Crippen molar-refractivity contribution >= 4 is 11.6 Å². The average Bonchev–Trinajstić information content (AvgIpc) is 2.79. The molecule has 0 bridgehead atoms. The van der Waals surface area contributed by atoms with Crippen LogP contribution >= 0.6 is 0 Å². The van der Waals surface area contributed by atoms with E-state index in [1.54, 1.807) is 60.7 Å². The van der Waals surface area contributed by atoms with Gasteiger partial charge in [0.25, 0.3) is 0 Å². The molecular formula is C22H28N2O2. The summed E-state index contributed by atoms with van der Waals surface area (Å²) in [6.07, 6.45) is -3.86. The summed E-state index contributed by atoms with van der Waals surface area (Å²) in [5.74, 6) is -1.14. The van der Waals surface area contributed by atoms with Gasteiger partial charge in [-0.1, -0.05) is 55.4 Å². The molecule has 138 valence electrons. The number of likely N-dealkylation sites (tertiary alicyclic amines) is 1. The number of nitrogens with zero attached hydrogens (tertiary/aromatic N) is 2. The Morgan fingerprint density at radius 3 is 2.42 bits per heavy atom. The Labute approximate surface area is 165 Å². The Hall–Kier alpha value is -2.17. The summed E-state index contributed by atoms with van der Waals surface area (Å²) in [5.41, 5.74) is 0.845. The molecule has 1 fully saturated rings. The summed E-state index contributed by atoms with van der Waals surface area (Å²) in [4.78, 5) is 15.9. The monoisotopic (exact) mass is 359 g/mol. The largest absolute Gasteiger partial charge is 0.387 e. The van der Waals surface area contributed by atoms with E-state index in [0.29, 0.717) is 24.1 Å². The number of aliphatic hydroxyl groups is 1. The number of benzene rings is 2. The average molecular weight is 360 g/mol. The molecule has 2 aromatic carbocycles. The molecule has 1 saturated heterocycles. The zero-order valence-corrected chi connectivity index (χ0v) is 14.5. The third-order valence-electron chi connectivity index (χ3n) is 4.61. The number of para-hydroxylation sites is 1. The number of piperidine rings is 1. The molecule has 1 heterocycles. The molecule has 0 spiro atoms. The maximum absolute atomic E-state index is 13.1. The SMILES string of the molecule is [2H]C([2H])(C(O)c1ccccc1)N1CCC(N(C(=O)C([2H])([2H])C([2H])([2H])[2H])c2ccccc2)CC1. The minimum atomic E-state index is -3.13. The number of carbonyl (C=O) groups is 1. The van der Waals surface area contributed by atoms with Crippen LogP contribution in [-0.2, 0) is 4.79 Å². The molecule has 0 radical (unpaired) electrons. The highest BCUT2D eigenvalue weighted by atomic mass is 16.3. The lowest BCUT2D eigenvalue weighted by molar-refractivity contribution is -0.119. The van der Waals surface area contributed by atoms with Crippen molar-refractivity contribution in [3.8, 4) is 0 Å². The Morgan fingerprint density at radius 2 is 1.81 bits per heavy atom.